The highest BCUT2D eigenvalue weighted by Gasteiger charge is 2.31. The first-order chi connectivity index (χ1) is 9.31. The van der Waals surface area contributed by atoms with Gasteiger partial charge in [-0.05, 0) is 36.5 Å². The third-order valence-corrected chi connectivity index (χ3v) is 5.38. The maximum atomic E-state index is 5.03. The smallest absolute Gasteiger partial charge is 0.213 e. The van der Waals surface area contributed by atoms with Crippen molar-refractivity contribution >= 4 is 34.9 Å². The monoisotopic (exact) mass is 306 g/mol. The molecule has 96 valence electrons. The second-order valence-corrected chi connectivity index (χ2v) is 6.83. The minimum atomic E-state index is 0.489. The Bertz CT molecular complexity index is 761. The van der Waals surface area contributed by atoms with E-state index in [-0.39, 0.29) is 0 Å². The van der Waals surface area contributed by atoms with Gasteiger partial charge in [-0.2, -0.15) is 4.98 Å². The van der Waals surface area contributed by atoms with Crippen LogP contribution in [0.4, 0.5) is 0 Å². The quantitative estimate of drug-likeness (QED) is 0.713. The molecule has 1 aliphatic rings. The van der Waals surface area contributed by atoms with Gasteiger partial charge in [0.1, 0.15) is 5.01 Å². The van der Waals surface area contributed by atoms with Gasteiger partial charge in [0.05, 0.1) is 15.4 Å². The molecule has 1 fully saturated rings. The number of hydrogen-bond acceptors (Lipinski definition) is 5. The first kappa shape index (κ1) is 11.5. The van der Waals surface area contributed by atoms with Crippen molar-refractivity contribution < 1.29 is 0 Å². The first-order valence-electron chi connectivity index (χ1n) is 6.01. The van der Waals surface area contributed by atoms with Gasteiger partial charge in [-0.25, -0.2) is 4.98 Å². The van der Waals surface area contributed by atoms with Crippen LogP contribution in [0.1, 0.15) is 24.5 Å². The summed E-state index contributed by atoms with van der Waals surface area (Å²) in [5, 5.41) is 9.05. The van der Waals surface area contributed by atoms with E-state index >= 15 is 0 Å². The Morgan fingerprint density at radius 3 is 2.79 bits per heavy atom. The number of nitrogens with zero attached hydrogens (tertiary/aromatic N) is 2. The van der Waals surface area contributed by atoms with Crippen molar-refractivity contribution in [2.75, 3.05) is 0 Å². The van der Waals surface area contributed by atoms with Crippen molar-refractivity contribution in [3.8, 4) is 20.6 Å². The van der Waals surface area contributed by atoms with Gasteiger partial charge in [-0.3, -0.25) is 10.2 Å². The lowest BCUT2D eigenvalue weighted by Gasteiger charge is -1.94. The fourth-order valence-electron chi connectivity index (χ4n) is 2.02. The predicted octanol–water partition coefficient (Wildman–Crippen LogP) is 4.20. The molecule has 3 heterocycles. The van der Waals surface area contributed by atoms with Crippen LogP contribution in [0.3, 0.4) is 0 Å². The summed E-state index contributed by atoms with van der Waals surface area (Å²) in [7, 11) is 0. The average Bonchev–Trinajstić information content (AvgIpc) is 2.87. The fourth-order valence-corrected chi connectivity index (χ4v) is 4.05. The summed E-state index contributed by atoms with van der Waals surface area (Å²) in [6.07, 6.45) is 2.46. The van der Waals surface area contributed by atoms with Crippen molar-refractivity contribution in [2.45, 2.75) is 18.8 Å². The molecule has 1 saturated carbocycles. The Morgan fingerprint density at radius 1 is 1.26 bits per heavy atom. The van der Waals surface area contributed by atoms with E-state index < -0.39 is 0 Å². The lowest BCUT2D eigenvalue weighted by molar-refractivity contribution is 1.04. The molecule has 4 rings (SSSR count). The number of aromatic amines is 2. The molecule has 3 aromatic heterocycles. The lowest BCUT2D eigenvalue weighted by atomic mass is 10.2. The van der Waals surface area contributed by atoms with Gasteiger partial charge >= 0.3 is 0 Å². The van der Waals surface area contributed by atoms with Crippen LogP contribution < -0.4 is 0 Å². The number of thiophene rings is 1. The van der Waals surface area contributed by atoms with Gasteiger partial charge in [0.2, 0.25) is 4.77 Å². The first-order valence-corrected chi connectivity index (χ1v) is 8.11. The van der Waals surface area contributed by atoms with E-state index in [4.69, 9.17) is 17.2 Å². The van der Waals surface area contributed by atoms with Gasteiger partial charge in [-0.15, -0.1) is 22.7 Å². The second-order valence-electron chi connectivity index (χ2n) is 4.50. The summed E-state index contributed by atoms with van der Waals surface area (Å²) in [5.74, 6) is 1.41. The lowest BCUT2D eigenvalue weighted by Crippen LogP contribution is -1.85. The molecule has 3 aromatic rings. The van der Waals surface area contributed by atoms with E-state index in [0.717, 1.165) is 15.7 Å². The molecule has 2 N–H and O–H groups in total. The molecule has 1 aliphatic carbocycles. The Balaban J connectivity index is 1.87. The van der Waals surface area contributed by atoms with E-state index in [1.54, 1.807) is 22.7 Å². The molecule has 4 nitrogen and oxygen atoms in total. The SMILES string of the molecule is S=c1nc(-c2sc(-c3cccs3)nc2C2CC2)[nH][nH]1. The van der Waals surface area contributed by atoms with Crippen LogP contribution in [-0.2, 0) is 0 Å². The number of H-pyrrole nitrogens is 2. The van der Waals surface area contributed by atoms with Crippen molar-refractivity contribution in [1.82, 2.24) is 20.2 Å². The highest BCUT2D eigenvalue weighted by Crippen LogP contribution is 2.47. The molecule has 19 heavy (non-hydrogen) atoms. The number of aromatic nitrogens is 4. The summed E-state index contributed by atoms with van der Waals surface area (Å²) in [4.78, 5) is 11.5. The summed E-state index contributed by atoms with van der Waals surface area (Å²) < 4.78 is 0.489. The molecule has 0 aliphatic heterocycles. The van der Waals surface area contributed by atoms with E-state index in [1.165, 1.54) is 23.4 Å². The minimum absolute atomic E-state index is 0.489. The Labute approximate surface area is 122 Å². The van der Waals surface area contributed by atoms with Gasteiger partial charge in [0, 0.05) is 5.92 Å². The number of thiazole rings is 1. The second kappa shape index (κ2) is 4.36. The molecule has 0 unspecified atom stereocenters. The van der Waals surface area contributed by atoms with Crippen LogP contribution in [0.5, 0.6) is 0 Å². The van der Waals surface area contributed by atoms with E-state index in [1.807, 2.05) is 0 Å². The Morgan fingerprint density at radius 2 is 2.16 bits per heavy atom. The summed E-state index contributed by atoms with van der Waals surface area (Å²) in [6.45, 7) is 0. The zero-order valence-electron chi connectivity index (χ0n) is 9.84. The zero-order valence-corrected chi connectivity index (χ0v) is 12.3. The van der Waals surface area contributed by atoms with Crippen LogP contribution in [0, 0.1) is 4.77 Å². The van der Waals surface area contributed by atoms with Crippen molar-refractivity contribution in [3.05, 3.63) is 28.0 Å². The highest BCUT2D eigenvalue weighted by atomic mass is 32.1. The number of rotatable bonds is 3. The van der Waals surface area contributed by atoms with Crippen molar-refractivity contribution in [1.29, 1.82) is 0 Å². The summed E-state index contributed by atoms with van der Waals surface area (Å²) in [5.41, 5.74) is 1.17. The molecule has 0 radical (unpaired) electrons. The molecule has 0 bridgehead atoms. The van der Waals surface area contributed by atoms with Gasteiger partial charge in [0.25, 0.3) is 0 Å². The van der Waals surface area contributed by atoms with Crippen molar-refractivity contribution in [3.63, 3.8) is 0 Å². The molecular formula is C12H10N4S3. The summed E-state index contributed by atoms with van der Waals surface area (Å²) >= 11 is 8.44. The zero-order chi connectivity index (χ0) is 12.8. The number of nitrogens with one attached hydrogen (secondary N) is 2. The molecule has 0 saturated heterocycles. The molecule has 0 aromatic carbocycles. The van der Waals surface area contributed by atoms with Gasteiger partial charge < -0.3 is 0 Å². The molecule has 0 amide bonds. The third kappa shape index (κ3) is 2.07. The minimum Gasteiger partial charge on any atom is -0.281 e. The van der Waals surface area contributed by atoms with Crippen molar-refractivity contribution in [2.24, 2.45) is 0 Å². The van der Waals surface area contributed by atoms with Gasteiger partial charge in [0.15, 0.2) is 5.82 Å². The topological polar surface area (TPSA) is 57.4 Å². The van der Waals surface area contributed by atoms with Gasteiger partial charge in [-0.1, -0.05) is 6.07 Å². The Kier molecular flexibility index (Phi) is 2.64. The molecule has 7 heteroatoms. The summed E-state index contributed by atoms with van der Waals surface area (Å²) in [6, 6.07) is 4.16. The molecule has 0 spiro atoms. The Hall–Kier alpha value is -1.31. The number of hydrogen-bond donors (Lipinski definition) is 2. The predicted molar refractivity (Wildman–Crippen MR) is 80.2 cm³/mol. The van der Waals surface area contributed by atoms with E-state index in [0.29, 0.717) is 10.7 Å². The van der Waals surface area contributed by atoms with Crippen LogP contribution >= 0.6 is 34.9 Å². The normalized spacial score (nSPS) is 14.9. The standard InChI is InChI=1S/C12H10N4S3/c17-12-14-10(15-16-12)9-8(6-3-4-6)13-11(19-9)7-2-1-5-18-7/h1-2,5-6H,3-4H2,(H2,14,15,16,17). The molecule has 0 atom stereocenters. The van der Waals surface area contributed by atoms with Crippen LogP contribution in [0.25, 0.3) is 20.6 Å². The third-order valence-electron chi connectivity index (χ3n) is 3.07. The largest absolute Gasteiger partial charge is 0.281 e. The average molecular weight is 306 g/mol. The van der Waals surface area contributed by atoms with Crippen LogP contribution in [-0.4, -0.2) is 20.2 Å². The van der Waals surface area contributed by atoms with E-state index in [2.05, 4.69) is 32.7 Å². The maximum absolute atomic E-state index is 5.03. The van der Waals surface area contributed by atoms with Crippen LogP contribution in [0.15, 0.2) is 17.5 Å². The fraction of sp³-hybridized carbons (Fsp3) is 0.250. The van der Waals surface area contributed by atoms with E-state index in [9.17, 15) is 0 Å². The maximum Gasteiger partial charge on any atom is 0.213 e. The van der Waals surface area contributed by atoms with Crippen LogP contribution in [0.2, 0.25) is 0 Å². The highest BCUT2D eigenvalue weighted by molar-refractivity contribution is 7.71. The molecular weight excluding hydrogens is 296 g/mol.